The molecule has 24 heavy (non-hydrogen) atoms. The highest BCUT2D eigenvalue weighted by atomic mass is 32.2. The van der Waals surface area contributed by atoms with Gasteiger partial charge in [0.2, 0.25) is 0 Å². The number of aromatic nitrogens is 4. The zero-order valence-electron chi connectivity index (χ0n) is 12.9. The van der Waals surface area contributed by atoms with Crippen molar-refractivity contribution in [3.05, 3.63) is 54.4 Å². The number of nitrogens with zero attached hydrogens (tertiary/aromatic N) is 4. The first-order chi connectivity index (χ1) is 11.6. The largest absolute Gasteiger partial charge is 0.322 e. The molecule has 0 saturated carbocycles. The Kier molecular flexibility index (Phi) is 3.72. The zero-order chi connectivity index (χ0) is 16.7. The van der Waals surface area contributed by atoms with Crippen LogP contribution in [0.25, 0.3) is 22.1 Å². The van der Waals surface area contributed by atoms with Crippen LogP contribution in [0.3, 0.4) is 0 Å². The monoisotopic (exact) mass is 344 g/mol. The first-order valence-corrected chi connectivity index (χ1v) is 8.42. The van der Waals surface area contributed by atoms with E-state index in [4.69, 9.17) is 0 Å². The summed E-state index contributed by atoms with van der Waals surface area (Å²) in [6, 6.07) is 14.8. The molecule has 4 aromatic rings. The van der Waals surface area contributed by atoms with Crippen LogP contribution in [0.2, 0.25) is 0 Å². The molecule has 0 bridgehead atoms. The normalized spacial score (nSPS) is 11.8. The summed E-state index contributed by atoms with van der Waals surface area (Å²) in [5.41, 5.74) is 2.94. The fraction of sp³-hybridized carbons (Fsp3) is 0.176. The van der Waals surface area contributed by atoms with Crippen molar-refractivity contribution in [2.75, 3.05) is 0 Å². The number of hydrogen-bond donors (Lipinski definition) is 0. The van der Waals surface area contributed by atoms with E-state index in [-0.39, 0.29) is 0 Å². The van der Waals surface area contributed by atoms with E-state index in [1.165, 1.54) is 11.8 Å². The molecule has 0 aliphatic carbocycles. The Labute approximate surface area is 141 Å². The second kappa shape index (κ2) is 5.90. The van der Waals surface area contributed by atoms with E-state index < -0.39 is 6.55 Å². The van der Waals surface area contributed by atoms with E-state index in [2.05, 4.69) is 9.97 Å². The van der Waals surface area contributed by atoms with Gasteiger partial charge in [0, 0.05) is 7.05 Å². The molecule has 0 N–H and O–H groups in total. The van der Waals surface area contributed by atoms with Crippen molar-refractivity contribution in [3.8, 4) is 0 Å². The van der Waals surface area contributed by atoms with E-state index in [9.17, 15) is 8.78 Å². The Morgan fingerprint density at radius 2 is 1.58 bits per heavy atom. The minimum Gasteiger partial charge on any atom is -0.322 e. The highest BCUT2D eigenvalue weighted by molar-refractivity contribution is 7.98. The predicted octanol–water partition coefficient (Wildman–Crippen LogP) is 4.61. The summed E-state index contributed by atoms with van der Waals surface area (Å²) in [5.74, 6) is 0.680. The van der Waals surface area contributed by atoms with Gasteiger partial charge in [0.15, 0.2) is 5.16 Å². The molecule has 0 unspecified atom stereocenters. The summed E-state index contributed by atoms with van der Waals surface area (Å²) in [6.45, 7) is -2.62. The minimum absolute atomic E-state index is 0.330. The van der Waals surface area contributed by atoms with Crippen molar-refractivity contribution in [1.82, 2.24) is 19.1 Å². The average Bonchev–Trinajstić information content (AvgIpc) is 3.11. The number of fused-ring (bicyclic) bond motifs is 2. The van der Waals surface area contributed by atoms with Crippen LogP contribution in [0, 0.1) is 0 Å². The highest BCUT2D eigenvalue weighted by Gasteiger charge is 2.18. The van der Waals surface area contributed by atoms with E-state index in [0.717, 1.165) is 20.8 Å². The molecule has 0 atom stereocenters. The number of aryl methyl sites for hydroxylation is 1. The van der Waals surface area contributed by atoms with E-state index in [1.54, 1.807) is 24.3 Å². The van der Waals surface area contributed by atoms with Crippen molar-refractivity contribution >= 4 is 33.8 Å². The number of imidazole rings is 2. The quantitative estimate of drug-likeness (QED) is 0.507. The molecule has 0 saturated heterocycles. The molecule has 2 heterocycles. The molecule has 0 radical (unpaired) electrons. The fourth-order valence-corrected chi connectivity index (χ4v) is 3.71. The molecule has 122 valence electrons. The topological polar surface area (TPSA) is 35.6 Å². The maximum Gasteiger partial charge on any atom is 0.320 e. The Hall–Kier alpha value is -2.41. The molecule has 2 aromatic carbocycles. The van der Waals surface area contributed by atoms with Gasteiger partial charge in [-0.25, -0.2) is 9.97 Å². The molecule has 0 spiro atoms. The van der Waals surface area contributed by atoms with Gasteiger partial charge < -0.3 is 4.57 Å². The van der Waals surface area contributed by atoms with Gasteiger partial charge in [-0.15, -0.1) is 0 Å². The van der Waals surface area contributed by atoms with Crippen molar-refractivity contribution < 1.29 is 8.78 Å². The molecule has 0 aliphatic rings. The van der Waals surface area contributed by atoms with E-state index >= 15 is 0 Å². The molecule has 0 amide bonds. The fourth-order valence-electron chi connectivity index (χ4n) is 2.80. The second-order valence-corrected chi connectivity index (χ2v) is 6.34. The maximum absolute atomic E-state index is 13.5. The lowest BCUT2D eigenvalue weighted by Gasteiger charge is -2.07. The van der Waals surface area contributed by atoms with Crippen LogP contribution in [-0.4, -0.2) is 19.1 Å². The third kappa shape index (κ3) is 2.45. The summed E-state index contributed by atoms with van der Waals surface area (Å²) in [7, 11) is 1.92. The predicted molar refractivity (Wildman–Crippen MR) is 91.3 cm³/mol. The SMILES string of the molecule is Cn1c(SCc2nc3ccccc3n2C(F)F)nc2ccccc21. The van der Waals surface area contributed by atoms with Crippen molar-refractivity contribution in [3.63, 3.8) is 0 Å². The van der Waals surface area contributed by atoms with Gasteiger partial charge in [0.25, 0.3) is 0 Å². The number of hydrogen-bond acceptors (Lipinski definition) is 3. The molecular weight excluding hydrogens is 330 g/mol. The molecule has 7 heteroatoms. The summed E-state index contributed by atoms with van der Waals surface area (Å²) >= 11 is 1.41. The smallest absolute Gasteiger partial charge is 0.320 e. The molecule has 4 rings (SSSR count). The third-order valence-corrected chi connectivity index (χ3v) is 4.97. The van der Waals surface area contributed by atoms with Gasteiger partial charge in [-0.3, -0.25) is 4.57 Å². The molecule has 4 nitrogen and oxygen atoms in total. The molecule has 2 aromatic heterocycles. The first kappa shape index (κ1) is 15.1. The number of para-hydroxylation sites is 4. The average molecular weight is 344 g/mol. The molecular formula is C17H14F2N4S. The van der Waals surface area contributed by atoms with Crippen LogP contribution >= 0.6 is 11.8 Å². The van der Waals surface area contributed by atoms with Crippen LogP contribution in [-0.2, 0) is 12.8 Å². The lowest BCUT2D eigenvalue weighted by atomic mass is 10.3. The number of rotatable bonds is 4. The van der Waals surface area contributed by atoms with Crippen molar-refractivity contribution in [2.45, 2.75) is 17.5 Å². The summed E-state index contributed by atoms with van der Waals surface area (Å²) in [5, 5.41) is 0.782. The lowest BCUT2D eigenvalue weighted by Crippen LogP contribution is -2.03. The van der Waals surface area contributed by atoms with Crippen LogP contribution < -0.4 is 0 Å². The Morgan fingerprint density at radius 3 is 2.25 bits per heavy atom. The summed E-state index contributed by atoms with van der Waals surface area (Å²) < 4.78 is 29.9. The van der Waals surface area contributed by atoms with Crippen LogP contribution in [0.4, 0.5) is 8.78 Å². The van der Waals surface area contributed by atoms with Crippen LogP contribution in [0.15, 0.2) is 53.7 Å². The number of alkyl halides is 2. The standard InChI is InChI=1S/C17H14F2N4S/c1-22-13-8-4-2-6-11(13)21-17(22)24-10-15-20-12-7-3-5-9-14(12)23(15)16(18)19/h2-9,16H,10H2,1H3. The molecule has 0 aliphatic heterocycles. The van der Waals surface area contributed by atoms with Gasteiger partial charge >= 0.3 is 6.55 Å². The molecule has 0 fully saturated rings. The lowest BCUT2D eigenvalue weighted by molar-refractivity contribution is 0.0722. The first-order valence-electron chi connectivity index (χ1n) is 7.43. The van der Waals surface area contributed by atoms with Gasteiger partial charge in [-0.1, -0.05) is 36.0 Å². The number of thioether (sulfide) groups is 1. The number of benzene rings is 2. The third-order valence-electron chi connectivity index (χ3n) is 3.94. The van der Waals surface area contributed by atoms with Gasteiger partial charge in [0.1, 0.15) is 5.82 Å². The van der Waals surface area contributed by atoms with Gasteiger partial charge in [-0.05, 0) is 24.3 Å². The Morgan fingerprint density at radius 1 is 0.958 bits per heavy atom. The van der Waals surface area contributed by atoms with Gasteiger partial charge in [0.05, 0.1) is 27.8 Å². The van der Waals surface area contributed by atoms with E-state index in [1.807, 2.05) is 35.9 Å². The number of halogens is 2. The van der Waals surface area contributed by atoms with Crippen molar-refractivity contribution in [1.29, 1.82) is 0 Å². The van der Waals surface area contributed by atoms with Crippen molar-refractivity contribution in [2.24, 2.45) is 7.05 Å². The summed E-state index contributed by atoms with van der Waals surface area (Å²) in [4.78, 5) is 8.91. The Bertz CT molecular complexity index is 1020. The zero-order valence-corrected chi connectivity index (χ0v) is 13.7. The maximum atomic E-state index is 13.5. The summed E-state index contributed by atoms with van der Waals surface area (Å²) in [6.07, 6.45) is 0. The highest BCUT2D eigenvalue weighted by Crippen LogP contribution is 2.29. The minimum atomic E-state index is -2.62. The second-order valence-electron chi connectivity index (χ2n) is 5.40. The van der Waals surface area contributed by atoms with Gasteiger partial charge in [-0.2, -0.15) is 8.78 Å². The van der Waals surface area contributed by atoms with Crippen LogP contribution in [0.1, 0.15) is 12.4 Å². The van der Waals surface area contributed by atoms with Crippen LogP contribution in [0.5, 0.6) is 0 Å². The van der Waals surface area contributed by atoms with E-state index in [0.29, 0.717) is 22.6 Å². The Balaban J connectivity index is 1.69.